The maximum absolute atomic E-state index is 11.8. The van der Waals surface area contributed by atoms with Crippen LogP contribution in [0.25, 0.3) is 0 Å². The van der Waals surface area contributed by atoms with Crippen molar-refractivity contribution < 1.29 is 9.32 Å². The zero-order valence-electron chi connectivity index (χ0n) is 14.8. The van der Waals surface area contributed by atoms with Crippen LogP contribution in [0.2, 0.25) is 0 Å². The van der Waals surface area contributed by atoms with Gasteiger partial charge >= 0.3 is 0 Å². The number of aromatic nitrogens is 2. The topological polar surface area (TPSA) is 95.7 Å². The predicted molar refractivity (Wildman–Crippen MR) is 91.7 cm³/mol. The first-order chi connectivity index (χ1) is 11.6. The number of hydrogen-bond donors (Lipinski definition) is 2. The Morgan fingerprint density at radius 3 is 2.96 bits per heavy atom. The van der Waals surface area contributed by atoms with E-state index in [0.717, 1.165) is 44.9 Å². The second-order valence-corrected chi connectivity index (χ2v) is 5.92. The smallest absolute Gasteiger partial charge is 0.226 e. The summed E-state index contributed by atoms with van der Waals surface area (Å²) in [4.78, 5) is 22.4. The Morgan fingerprint density at radius 2 is 2.29 bits per heavy atom. The van der Waals surface area contributed by atoms with Crippen molar-refractivity contribution in [3.8, 4) is 0 Å². The van der Waals surface area contributed by atoms with Crippen LogP contribution in [0, 0.1) is 6.92 Å². The van der Waals surface area contributed by atoms with Crippen LogP contribution in [0.3, 0.4) is 0 Å². The minimum Gasteiger partial charge on any atom is -0.357 e. The van der Waals surface area contributed by atoms with Gasteiger partial charge in [0.1, 0.15) is 0 Å². The monoisotopic (exact) mass is 336 g/mol. The van der Waals surface area contributed by atoms with Crippen molar-refractivity contribution in [1.82, 2.24) is 25.7 Å². The third kappa shape index (κ3) is 5.50. The molecular formula is C16H28N6O2. The van der Waals surface area contributed by atoms with Gasteiger partial charge in [-0.1, -0.05) is 12.1 Å². The lowest BCUT2D eigenvalue weighted by molar-refractivity contribution is -0.129. The fourth-order valence-electron chi connectivity index (χ4n) is 2.70. The molecule has 1 amide bonds. The SMILES string of the molecule is CCNC(=NCCCc1nc(C)no1)NC1CCN(C(=O)CC)C1. The van der Waals surface area contributed by atoms with Gasteiger partial charge in [-0.3, -0.25) is 9.79 Å². The second kappa shape index (κ2) is 9.24. The molecule has 1 aliphatic heterocycles. The number of aryl methyl sites for hydroxylation is 2. The molecule has 0 saturated carbocycles. The van der Waals surface area contributed by atoms with Gasteiger partial charge in [0, 0.05) is 45.1 Å². The molecule has 1 atom stereocenters. The Labute approximate surface area is 143 Å². The van der Waals surface area contributed by atoms with Crippen LogP contribution in [-0.4, -0.2) is 59.1 Å². The van der Waals surface area contributed by atoms with Crippen LogP contribution in [0.1, 0.15) is 44.8 Å². The van der Waals surface area contributed by atoms with Crippen molar-refractivity contribution in [2.75, 3.05) is 26.2 Å². The highest BCUT2D eigenvalue weighted by Crippen LogP contribution is 2.10. The molecule has 24 heavy (non-hydrogen) atoms. The molecule has 0 aromatic carbocycles. The summed E-state index contributed by atoms with van der Waals surface area (Å²) in [6, 6.07) is 0.261. The van der Waals surface area contributed by atoms with E-state index in [9.17, 15) is 4.79 Å². The maximum Gasteiger partial charge on any atom is 0.226 e. The Morgan fingerprint density at radius 1 is 1.46 bits per heavy atom. The van der Waals surface area contributed by atoms with Crippen LogP contribution < -0.4 is 10.6 Å². The molecule has 1 unspecified atom stereocenters. The molecule has 0 spiro atoms. The lowest BCUT2D eigenvalue weighted by Crippen LogP contribution is -2.45. The molecule has 134 valence electrons. The maximum atomic E-state index is 11.8. The van der Waals surface area contributed by atoms with Crippen molar-refractivity contribution in [2.24, 2.45) is 4.99 Å². The van der Waals surface area contributed by atoms with Gasteiger partial charge in [-0.2, -0.15) is 4.98 Å². The molecule has 2 rings (SSSR count). The van der Waals surface area contributed by atoms with Crippen molar-refractivity contribution in [3.63, 3.8) is 0 Å². The van der Waals surface area contributed by atoms with Crippen molar-refractivity contribution in [2.45, 2.75) is 52.5 Å². The number of likely N-dealkylation sites (tertiary alicyclic amines) is 1. The van der Waals surface area contributed by atoms with Gasteiger partial charge in [-0.05, 0) is 26.7 Å². The van der Waals surface area contributed by atoms with Gasteiger partial charge in [0.05, 0.1) is 0 Å². The van der Waals surface area contributed by atoms with E-state index in [-0.39, 0.29) is 11.9 Å². The Hall–Kier alpha value is -2.12. The van der Waals surface area contributed by atoms with E-state index in [2.05, 4.69) is 25.8 Å². The third-order valence-electron chi connectivity index (χ3n) is 3.92. The molecule has 0 radical (unpaired) electrons. The molecule has 2 heterocycles. The van der Waals surface area contributed by atoms with Crippen LogP contribution >= 0.6 is 0 Å². The largest absolute Gasteiger partial charge is 0.357 e. The van der Waals surface area contributed by atoms with Crippen molar-refractivity contribution >= 4 is 11.9 Å². The van der Waals surface area contributed by atoms with Gasteiger partial charge in [-0.15, -0.1) is 0 Å². The zero-order valence-corrected chi connectivity index (χ0v) is 14.8. The van der Waals surface area contributed by atoms with Gasteiger partial charge in [0.2, 0.25) is 11.8 Å². The predicted octanol–water partition coefficient (Wildman–Crippen LogP) is 0.877. The fraction of sp³-hybridized carbons (Fsp3) is 0.750. The minimum absolute atomic E-state index is 0.219. The Balaban J connectivity index is 1.77. The number of carbonyl (C=O) groups excluding carboxylic acids is 1. The summed E-state index contributed by atoms with van der Waals surface area (Å²) in [7, 11) is 0. The average molecular weight is 336 g/mol. The third-order valence-corrected chi connectivity index (χ3v) is 3.92. The lowest BCUT2D eigenvalue weighted by Gasteiger charge is -2.18. The van der Waals surface area contributed by atoms with E-state index >= 15 is 0 Å². The van der Waals surface area contributed by atoms with Crippen LogP contribution in [0.15, 0.2) is 9.52 Å². The average Bonchev–Trinajstić information content (AvgIpc) is 3.20. The number of hydrogen-bond acceptors (Lipinski definition) is 5. The number of nitrogens with zero attached hydrogens (tertiary/aromatic N) is 4. The first kappa shape index (κ1) is 18.2. The molecule has 0 bridgehead atoms. The highest BCUT2D eigenvalue weighted by Gasteiger charge is 2.25. The standard InChI is InChI=1S/C16H28N6O2/c1-4-15(23)22-10-8-13(11-22)20-16(17-5-2)18-9-6-7-14-19-12(3)21-24-14/h13H,4-11H2,1-3H3,(H2,17,18,20). The first-order valence-corrected chi connectivity index (χ1v) is 8.74. The molecule has 8 heteroatoms. The van der Waals surface area contributed by atoms with Crippen molar-refractivity contribution in [3.05, 3.63) is 11.7 Å². The molecule has 0 aliphatic carbocycles. The molecule has 1 saturated heterocycles. The van der Waals surface area contributed by atoms with Crippen molar-refractivity contribution in [1.29, 1.82) is 0 Å². The van der Waals surface area contributed by atoms with E-state index in [4.69, 9.17) is 4.52 Å². The lowest BCUT2D eigenvalue weighted by atomic mass is 10.3. The van der Waals surface area contributed by atoms with Gasteiger partial charge in [0.25, 0.3) is 0 Å². The molecule has 1 aliphatic rings. The van der Waals surface area contributed by atoms with E-state index in [1.165, 1.54) is 0 Å². The van der Waals surface area contributed by atoms with Crippen LogP contribution in [-0.2, 0) is 11.2 Å². The molecular weight excluding hydrogens is 308 g/mol. The second-order valence-electron chi connectivity index (χ2n) is 5.92. The normalized spacial score (nSPS) is 18.0. The summed E-state index contributed by atoms with van der Waals surface area (Å²) < 4.78 is 5.09. The summed E-state index contributed by atoms with van der Waals surface area (Å²) in [5.41, 5.74) is 0. The summed E-state index contributed by atoms with van der Waals surface area (Å²) in [5, 5.41) is 10.5. The minimum atomic E-state index is 0.219. The van der Waals surface area contributed by atoms with E-state index in [1.54, 1.807) is 0 Å². The molecule has 1 aromatic heterocycles. The Kier molecular flexibility index (Phi) is 7.02. The number of nitrogens with one attached hydrogen (secondary N) is 2. The van der Waals surface area contributed by atoms with E-state index < -0.39 is 0 Å². The summed E-state index contributed by atoms with van der Waals surface area (Å²) in [6.45, 7) is 8.81. The number of amides is 1. The summed E-state index contributed by atoms with van der Waals surface area (Å²) in [6.07, 6.45) is 3.10. The summed E-state index contributed by atoms with van der Waals surface area (Å²) in [5.74, 6) is 2.34. The highest BCUT2D eigenvalue weighted by molar-refractivity contribution is 5.80. The van der Waals surface area contributed by atoms with E-state index in [0.29, 0.717) is 24.7 Å². The first-order valence-electron chi connectivity index (χ1n) is 8.74. The fourth-order valence-corrected chi connectivity index (χ4v) is 2.70. The van der Waals surface area contributed by atoms with Crippen LogP contribution in [0.4, 0.5) is 0 Å². The number of carbonyl (C=O) groups is 1. The molecule has 1 fully saturated rings. The molecule has 2 N–H and O–H groups in total. The van der Waals surface area contributed by atoms with Gasteiger partial charge < -0.3 is 20.1 Å². The Bertz CT molecular complexity index is 557. The number of rotatable bonds is 7. The van der Waals surface area contributed by atoms with E-state index in [1.807, 2.05) is 25.7 Å². The quantitative estimate of drug-likeness (QED) is 0.436. The highest BCUT2D eigenvalue weighted by atomic mass is 16.5. The summed E-state index contributed by atoms with van der Waals surface area (Å²) >= 11 is 0. The van der Waals surface area contributed by atoms with Gasteiger partial charge in [-0.25, -0.2) is 0 Å². The zero-order chi connectivity index (χ0) is 17.4. The number of aliphatic imine (C=N–C) groups is 1. The molecule has 8 nitrogen and oxygen atoms in total. The number of guanidine groups is 1. The van der Waals surface area contributed by atoms with Gasteiger partial charge in [0.15, 0.2) is 11.8 Å². The van der Waals surface area contributed by atoms with Crippen LogP contribution in [0.5, 0.6) is 0 Å². The molecule has 1 aromatic rings.